The number of aryl methyl sites for hydroxylation is 2. The van der Waals surface area contributed by atoms with E-state index in [0.29, 0.717) is 12.3 Å². The number of methoxy groups -OCH3 is 1. The van der Waals surface area contributed by atoms with Gasteiger partial charge in [0.15, 0.2) is 11.5 Å². The second kappa shape index (κ2) is 6.18. The first-order valence-electron chi connectivity index (χ1n) is 7.03. The minimum Gasteiger partial charge on any atom is -0.504 e. The number of nitrogens with one attached hydrogen (secondary N) is 1. The predicted octanol–water partition coefficient (Wildman–Crippen LogP) is 2.60. The Balaban J connectivity index is 2.07. The van der Waals surface area contributed by atoms with Crippen LogP contribution >= 0.6 is 0 Å². The van der Waals surface area contributed by atoms with E-state index in [2.05, 4.69) is 24.3 Å². The van der Waals surface area contributed by atoms with Crippen molar-refractivity contribution in [1.82, 2.24) is 15.1 Å². The third-order valence-corrected chi connectivity index (χ3v) is 3.85. The van der Waals surface area contributed by atoms with Crippen LogP contribution in [0.2, 0.25) is 0 Å². The molecule has 0 aliphatic heterocycles. The molecule has 0 bridgehead atoms. The van der Waals surface area contributed by atoms with Crippen LogP contribution in [0.1, 0.15) is 35.5 Å². The fraction of sp³-hybridized carbons (Fsp3) is 0.438. The van der Waals surface area contributed by atoms with Gasteiger partial charge in [0.1, 0.15) is 0 Å². The minimum absolute atomic E-state index is 0.165. The predicted molar refractivity (Wildman–Crippen MR) is 82.6 cm³/mol. The molecule has 1 heterocycles. The first-order valence-corrected chi connectivity index (χ1v) is 7.03. The Morgan fingerprint density at radius 3 is 2.62 bits per heavy atom. The van der Waals surface area contributed by atoms with Gasteiger partial charge in [-0.2, -0.15) is 5.10 Å². The Labute approximate surface area is 125 Å². The van der Waals surface area contributed by atoms with Gasteiger partial charge in [0.2, 0.25) is 0 Å². The van der Waals surface area contributed by atoms with Crippen molar-refractivity contribution < 1.29 is 9.84 Å². The molecule has 114 valence electrons. The zero-order valence-corrected chi connectivity index (χ0v) is 13.3. The zero-order valence-electron chi connectivity index (χ0n) is 13.3. The molecule has 0 unspecified atom stereocenters. The van der Waals surface area contributed by atoms with E-state index in [1.165, 1.54) is 11.3 Å². The average Bonchev–Trinajstić information content (AvgIpc) is 2.70. The fourth-order valence-electron chi connectivity index (χ4n) is 2.64. The molecule has 0 amide bonds. The average molecular weight is 289 g/mol. The molecule has 0 aliphatic carbocycles. The molecule has 2 N–H and O–H groups in total. The first kappa shape index (κ1) is 15.4. The molecule has 0 radical (unpaired) electrons. The second-order valence-corrected chi connectivity index (χ2v) is 5.32. The molecular formula is C16H23N3O2. The lowest BCUT2D eigenvalue weighted by molar-refractivity contribution is 0.373. The standard InChI is InChI=1S/C16H23N3O2/c1-10(16-11(2)18-19(4)12(16)3)17-9-13-6-7-15(21-5)14(20)8-13/h6-8,10,17,20H,9H2,1-5H3/t10-/m0/s1. The Morgan fingerprint density at radius 1 is 1.38 bits per heavy atom. The maximum atomic E-state index is 9.80. The molecule has 1 aromatic carbocycles. The third kappa shape index (κ3) is 3.19. The van der Waals surface area contributed by atoms with Crippen LogP contribution in [0.25, 0.3) is 0 Å². The molecule has 5 heteroatoms. The number of aromatic hydroxyl groups is 1. The number of rotatable bonds is 5. The Kier molecular flexibility index (Phi) is 4.53. The van der Waals surface area contributed by atoms with Crippen molar-refractivity contribution in [3.63, 3.8) is 0 Å². The number of hydrogen-bond donors (Lipinski definition) is 2. The van der Waals surface area contributed by atoms with Crippen LogP contribution in [0.15, 0.2) is 18.2 Å². The van der Waals surface area contributed by atoms with Crippen LogP contribution in [0.4, 0.5) is 0 Å². The second-order valence-electron chi connectivity index (χ2n) is 5.32. The van der Waals surface area contributed by atoms with E-state index >= 15 is 0 Å². The first-order chi connectivity index (χ1) is 9.93. The van der Waals surface area contributed by atoms with Crippen molar-refractivity contribution in [2.24, 2.45) is 7.05 Å². The largest absolute Gasteiger partial charge is 0.504 e. The summed E-state index contributed by atoms with van der Waals surface area (Å²) in [7, 11) is 3.50. The summed E-state index contributed by atoms with van der Waals surface area (Å²) in [5.41, 5.74) is 4.47. The van der Waals surface area contributed by atoms with Gasteiger partial charge in [-0.3, -0.25) is 4.68 Å². The number of ether oxygens (including phenoxy) is 1. The Bertz CT molecular complexity index is 635. The van der Waals surface area contributed by atoms with Crippen molar-refractivity contribution in [3.8, 4) is 11.5 Å². The monoisotopic (exact) mass is 289 g/mol. The highest BCUT2D eigenvalue weighted by Gasteiger charge is 2.15. The van der Waals surface area contributed by atoms with Gasteiger partial charge in [0.25, 0.3) is 0 Å². The number of phenols is 1. The third-order valence-electron chi connectivity index (χ3n) is 3.85. The topological polar surface area (TPSA) is 59.3 Å². The van der Waals surface area contributed by atoms with Gasteiger partial charge in [0, 0.05) is 30.9 Å². The quantitative estimate of drug-likeness (QED) is 0.888. The maximum absolute atomic E-state index is 9.80. The van der Waals surface area contributed by atoms with Crippen LogP contribution in [0.3, 0.4) is 0 Å². The minimum atomic E-state index is 0.165. The van der Waals surface area contributed by atoms with E-state index < -0.39 is 0 Å². The van der Waals surface area contributed by atoms with Crippen molar-refractivity contribution in [3.05, 3.63) is 40.7 Å². The van der Waals surface area contributed by atoms with Gasteiger partial charge in [-0.1, -0.05) is 6.07 Å². The molecule has 0 saturated heterocycles. The highest BCUT2D eigenvalue weighted by atomic mass is 16.5. The Hall–Kier alpha value is -2.01. The summed E-state index contributed by atoms with van der Waals surface area (Å²) < 4.78 is 6.95. The molecule has 1 aromatic heterocycles. The van der Waals surface area contributed by atoms with Crippen molar-refractivity contribution in [2.75, 3.05) is 7.11 Å². The number of aromatic nitrogens is 2. The molecule has 0 spiro atoms. The molecule has 0 saturated carbocycles. The fourth-order valence-corrected chi connectivity index (χ4v) is 2.64. The molecule has 5 nitrogen and oxygen atoms in total. The van der Waals surface area contributed by atoms with E-state index in [-0.39, 0.29) is 11.8 Å². The normalized spacial score (nSPS) is 12.4. The van der Waals surface area contributed by atoms with Crippen molar-refractivity contribution >= 4 is 0 Å². The summed E-state index contributed by atoms with van der Waals surface area (Å²) in [6.07, 6.45) is 0. The zero-order chi connectivity index (χ0) is 15.6. The molecule has 2 rings (SSSR count). The summed E-state index contributed by atoms with van der Waals surface area (Å²) >= 11 is 0. The highest BCUT2D eigenvalue weighted by molar-refractivity contribution is 5.41. The number of benzene rings is 1. The van der Waals surface area contributed by atoms with E-state index in [0.717, 1.165) is 11.3 Å². The van der Waals surface area contributed by atoms with Crippen LogP contribution in [-0.4, -0.2) is 22.0 Å². The van der Waals surface area contributed by atoms with Crippen molar-refractivity contribution in [1.29, 1.82) is 0 Å². The van der Waals surface area contributed by atoms with Crippen LogP contribution in [0.5, 0.6) is 11.5 Å². The van der Waals surface area contributed by atoms with E-state index in [9.17, 15) is 5.11 Å². The molecule has 2 aromatic rings. The summed E-state index contributed by atoms with van der Waals surface area (Å²) in [5, 5.41) is 17.7. The SMILES string of the molecule is COc1ccc(CN[C@@H](C)c2c(C)nn(C)c2C)cc1O. The van der Waals surface area contributed by atoms with Gasteiger partial charge in [-0.25, -0.2) is 0 Å². The number of nitrogens with zero attached hydrogens (tertiary/aromatic N) is 2. The van der Waals surface area contributed by atoms with E-state index in [1.54, 1.807) is 19.2 Å². The van der Waals surface area contributed by atoms with Crippen molar-refractivity contribution in [2.45, 2.75) is 33.4 Å². The molecule has 1 atom stereocenters. The smallest absolute Gasteiger partial charge is 0.160 e. The summed E-state index contributed by atoms with van der Waals surface area (Å²) in [6, 6.07) is 5.64. The van der Waals surface area contributed by atoms with Gasteiger partial charge in [0.05, 0.1) is 12.8 Å². The van der Waals surface area contributed by atoms with E-state index in [1.807, 2.05) is 24.7 Å². The molecular weight excluding hydrogens is 266 g/mol. The lowest BCUT2D eigenvalue weighted by atomic mass is 10.1. The maximum Gasteiger partial charge on any atom is 0.160 e. The van der Waals surface area contributed by atoms with Gasteiger partial charge < -0.3 is 15.2 Å². The molecule has 0 aliphatic rings. The van der Waals surface area contributed by atoms with Crippen LogP contribution in [0, 0.1) is 13.8 Å². The summed E-state index contributed by atoms with van der Waals surface area (Å²) in [6.45, 7) is 6.90. The lowest BCUT2D eigenvalue weighted by Gasteiger charge is -2.15. The summed E-state index contributed by atoms with van der Waals surface area (Å²) in [5.74, 6) is 0.656. The van der Waals surface area contributed by atoms with Crippen LogP contribution < -0.4 is 10.1 Å². The van der Waals surface area contributed by atoms with Gasteiger partial charge >= 0.3 is 0 Å². The number of phenolic OH excluding ortho intramolecular Hbond substituents is 1. The molecule has 21 heavy (non-hydrogen) atoms. The number of hydrogen-bond acceptors (Lipinski definition) is 4. The van der Waals surface area contributed by atoms with E-state index in [4.69, 9.17) is 4.74 Å². The molecule has 0 fully saturated rings. The lowest BCUT2D eigenvalue weighted by Crippen LogP contribution is -2.19. The van der Waals surface area contributed by atoms with Gasteiger partial charge in [-0.05, 0) is 38.5 Å². The highest BCUT2D eigenvalue weighted by Crippen LogP contribution is 2.27. The summed E-state index contributed by atoms with van der Waals surface area (Å²) in [4.78, 5) is 0. The Morgan fingerprint density at radius 2 is 2.10 bits per heavy atom. The van der Waals surface area contributed by atoms with Crippen LogP contribution in [-0.2, 0) is 13.6 Å². The van der Waals surface area contributed by atoms with Gasteiger partial charge in [-0.15, -0.1) is 0 Å².